The molecular formula is C14H20O6. The van der Waals surface area contributed by atoms with Crippen molar-refractivity contribution in [2.45, 2.75) is 19.4 Å². The molecule has 2 unspecified atom stereocenters. The van der Waals surface area contributed by atoms with Crippen LogP contribution in [0.5, 0.6) is 17.2 Å². The van der Waals surface area contributed by atoms with E-state index in [0.717, 1.165) is 0 Å². The van der Waals surface area contributed by atoms with Gasteiger partial charge in [-0.1, -0.05) is 6.92 Å². The zero-order valence-corrected chi connectivity index (χ0v) is 12.0. The first kappa shape index (κ1) is 16.1. The van der Waals surface area contributed by atoms with E-state index in [-0.39, 0.29) is 0 Å². The molecule has 112 valence electrons. The minimum atomic E-state index is -1.15. The van der Waals surface area contributed by atoms with Crippen molar-refractivity contribution in [3.05, 3.63) is 17.7 Å². The summed E-state index contributed by atoms with van der Waals surface area (Å²) < 4.78 is 15.5. The number of aliphatic hydroxyl groups is 1. The lowest BCUT2D eigenvalue weighted by Crippen LogP contribution is -2.21. The summed E-state index contributed by atoms with van der Waals surface area (Å²) in [6.07, 6.45) is -0.834. The van der Waals surface area contributed by atoms with Crippen molar-refractivity contribution >= 4 is 5.97 Å². The predicted octanol–water partition coefficient (Wildman–Crippen LogP) is 1.86. The number of ether oxygens (including phenoxy) is 3. The second kappa shape index (κ2) is 7.00. The van der Waals surface area contributed by atoms with E-state index < -0.39 is 18.0 Å². The molecule has 6 heteroatoms. The number of carbonyl (C=O) groups is 1. The molecule has 0 bridgehead atoms. The highest BCUT2D eigenvalue weighted by molar-refractivity contribution is 5.71. The first-order valence-electron chi connectivity index (χ1n) is 6.20. The fourth-order valence-electron chi connectivity index (χ4n) is 2.04. The van der Waals surface area contributed by atoms with E-state index in [4.69, 9.17) is 19.3 Å². The van der Waals surface area contributed by atoms with Gasteiger partial charge >= 0.3 is 5.97 Å². The summed E-state index contributed by atoms with van der Waals surface area (Å²) in [6, 6.07) is 3.11. The van der Waals surface area contributed by atoms with Crippen molar-refractivity contribution in [1.82, 2.24) is 0 Å². The van der Waals surface area contributed by atoms with Crippen LogP contribution in [-0.2, 0) is 4.79 Å². The minimum Gasteiger partial charge on any atom is -0.493 e. The van der Waals surface area contributed by atoms with Crippen molar-refractivity contribution in [2.75, 3.05) is 21.3 Å². The summed E-state index contributed by atoms with van der Waals surface area (Å²) in [6.45, 7) is 1.71. The van der Waals surface area contributed by atoms with Gasteiger partial charge < -0.3 is 24.4 Å². The van der Waals surface area contributed by atoms with Gasteiger partial charge in [-0.15, -0.1) is 0 Å². The molecule has 0 aliphatic rings. The highest BCUT2D eigenvalue weighted by Crippen LogP contribution is 2.41. The Bertz CT molecular complexity index is 446. The van der Waals surface area contributed by atoms with Crippen molar-refractivity contribution in [2.24, 2.45) is 5.92 Å². The summed E-state index contributed by atoms with van der Waals surface area (Å²) in [5.41, 5.74) is 0.411. The van der Waals surface area contributed by atoms with Crippen LogP contribution in [-0.4, -0.2) is 37.5 Å². The van der Waals surface area contributed by atoms with Crippen LogP contribution < -0.4 is 14.2 Å². The van der Waals surface area contributed by atoms with Crippen LogP contribution in [0.25, 0.3) is 0 Å². The van der Waals surface area contributed by atoms with Gasteiger partial charge in [0.05, 0.1) is 33.4 Å². The van der Waals surface area contributed by atoms with Gasteiger partial charge in [0.25, 0.3) is 0 Å². The summed E-state index contributed by atoms with van der Waals surface area (Å²) in [5.74, 6) is -0.789. The average molecular weight is 284 g/mol. The number of benzene rings is 1. The van der Waals surface area contributed by atoms with Gasteiger partial charge in [0.15, 0.2) is 11.5 Å². The Balaban J connectivity index is 3.28. The highest BCUT2D eigenvalue weighted by Gasteiger charge is 2.28. The van der Waals surface area contributed by atoms with E-state index in [1.54, 1.807) is 19.1 Å². The molecule has 0 saturated carbocycles. The van der Waals surface area contributed by atoms with Gasteiger partial charge in [0.1, 0.15) is 0 Å². The largest absolute Gasteiger partial charge is 0.493 e. The molecule has 1 aromatic carbocycles. The van der Waals surface area contributed by atoms with Crippen LogP contribution in [0, 0.1) is 5.92 Å². The zero-order valence-electron chi connectivity index (χ0n) is 12.0. The maximum atomic E-state index is 11.1. The van der Waals surface area contributed by atoms with E-state index >= 15 is 0 Å². The molecule has 2 atom stereocenters. The van der Waals surface area contributed by atoms with E-state index in [9.17, 15) is 9.90 Å². The molecular weight excluding hydrogens is 264 g/mol. The third kappa shape index (κ3) is 3.14. The van der Waals surface area contributed by atoms with Crippen molar-refractivity contribution in [3.63, 3.8) is 0 Å². The summed E-state index contributed by atoms with van der Waals surface area (Å²) in [7, 11) is 4.40. The van der Waals surface area contributed by atoms with Crippen LogP contribution in [0.1, 0.15) is 25.0 Å². The van der Waals surface area contributed by atoms with Crippen LogP contribution in [0.2, 0.25) is 0 Å². The Hall–Kier alpha value is -1.95. The third-order valence-corrected chi connectivity index (χ3v) is 3.17. The van der Waals surface area contributed by atoms with Crippen LogP contribution in [0.4, 0.5) is 0 Å². The number of aliphatic carboxylic acids is 1. The van der Waals surface area contributed by atoms with E-state index in [2.05, 4.69) is 0 Å². The van der Waals surface area contributed by atoms with Gasteiger partial charge in [0.2, 0.25) is 5.75 Å². The molecule has 1 aromatic rings. The SMILES string of the molecule is CCC(C(=O)O)C(O)c1cc(OC)c(OC)c(OC)c1. The van der Waals surface area contributed by atoms with Crippen molar-refractivity contribution < 1.29 is 29.2 Å². The molecule has 1 rings (SSSR count). The fraction of sp³-hybridized carbons (Fsp3) is 0.500. The maximum Gasteiger partial charge on any atom is 0.309 e. The maximum absolute atomic E-state index is 11.1. The van der Waals surface area contributed by atoms with Crippen molar-refractivity contribution in [3.8, 4) is 17.2 Å². The average Bonchev–Trinajstić information content (AvgIpc) is 2.45. The standard InChI is InChI=1S/C14H20O6/c1-5-9(14(16)17)12(15)8-6-10(18-2)13(20-4)11(7-8)19-3/h6-7,9,12,15H,5H2,1-4H3,(H,16,17). The number of aliphatic hydroxyl groups excluding tert-OH is 1. The lowest BCUT2D eigenvalue weighted by atomic mass is 9.93. The molecule has 0 radical (unpaired) electrons. The molecule has 0 amide bonds. The number of carboxylic acid groups (broad SMARTS) is 1. The monoisotopic (exact) mass is 284 g/mol. The molecule has 0 heterocycles. The second-order valence-electron chi connectivity index (χ2n) is 4.26. The predicted molar refractivity (Wildman–Crippen MR) is 72.5 cm³/mol. The molecule has 0 aromatic heterocycles. The van der Waals surface area contributed by atoms with Gasteiger partial charge in [-0.3, -0.25) is 4.79 Å². The van der Waals surface area contributed by atoms with Gasteiger partial charge in [-0.05, 0) is 24.1 Å². The summed E-state index contributed by atoms with van der Waals surface area (Å²) >= 11 is 0. The van der Waals surface area contributed by atoms with Gasteiger partial charge in [0, 0.05) is 0 Å². The molecule has 0 saturated heterocycles. The Morgan fingerprint density at radius 1 is 1.15 bits per heavy atom. The Morgan fingerprint density at radius 2 is 1.65 bits per heavy atom. The zero-order chi connectivity index (χ0) is 15.3. The molecule has 0 aliphatic carbocycles. The summed E-state index contributed by atoms with van der Waals surface area (Å²) in [4.78, 5) is 11.1. The number of hydrogen-bond donors (Lipinski definition) is 2. The van der Waals surface area contributed by atoms with E-state index in [1.807, 2.05) is 0 Å². The molecule has 2 N–H and O–H groups in total. The molecule has 20 heavy (non-hydrogen) atoms. The minimum absolute atomic E-state index is 0.313. The first-order chi connectivity index (χ1) is 9.49. The van der Waals surface area contributed by atoms with E-state index in [1.165, 1.54) is 21.3 Å². The van der Waals surface area contributed by atoms with Crippen LogP contribution in [0.15, 0.2) is 12.1 Å². The molecule has 0 spiro atoms. The molecule has 6 nitrogen and oxygen atoms in total. The van der Waals surface area contributed by atoms with E-state index in [0.29, 0.717) is 29.2 Å². The van der Waals surface area contributed by atoms with Crippen LogP contribution in [0.3, 0.4) is 0 Å². The quantitative estimate of drug-likeness (QED) is 0.795. The topological polar surface area (TPSA) is 85.2 Å². The number of carboxylic acids is 1. The Kier molecular flexibility index (Phi) is 5.64. The van der Waals surface area contributed by atoms with Gasteiger partial charge in [-0.2, -0.15) is 0 Å². The number of hydrogen-bond acceptors (Lipinski definition) is 5. The lowest BCUT2D eigenvalue weighted by Gasteiger charge is -2.20. The lowest BCUT2D eigenvalue weighted by molar-refractivity contribution is -0.146. The number of rotatable bonds is 7. The van der Waals surface area contributed by atoms with Crippen molar-refractivity contribution in [1.29, 1.82) is 0 Å². The smallest absolute Gasteiger partial charge is 0.309 e. The Labute approximate surface area is 117 Å². The normalized spacial score (nSPS) is 13.4. The van der Waals surface area contributed by atoms with Gasteiger partial charge in [-0.25, -0.2) is 0 Å². The second-order valence-corrected chi connectivity index (χ2v) is 4.26. The Morgan fingerprint density at radius 3 is 1.95 bits per heavy atom. The van der Waals surface area contributed by atoms with Crippen LogP contribution >= 0.6 is 0 Å². The third-order valence-electron chi connectivity index (χ3n) is 3.17. The summed E-state index contributed by atoms with van der Waals surface area (Å²) in [5, 5.41) is 19.3. The molecule has 0 fully saturated rings. The fourth-order valence-corrected chi connectivity index (χ4v) is 2.04. The number of methoxy groups -OCH3 is 3. The first-order valence-corrected chi connectivity index (χ1v) is 6.20. The molecule has 0 aliphatic heterocycles. The highest BCUT2D eigenvalue weighted by atomic mass is 16.5.